The minimum atomic E-state index is -3.51. The van der Waals surface area contributed by atoms with Crippen LogP contribution >= 0.6 is 0 Å². The van der Waals surface area contributed by atoms with Crippen LogP contribution in [-0.2, 0) is 16.4 Å². The lowest BCUT2D eigenvalue weighted by atomic mass is 9.88. The van der Waals surface area contributed by atoms with Crippen molar-refractivity contribution in [2.75, 3.05) is 5.75 Å². The van der Waals surface area contributed by atoms with Crippen LogP contribution in [0.4, 0.5) is 0 Å². The molecule has 0 heterocycles. The molecule has 1 aromatic carbocycles. The van der Waals surface area contributed by atoms with Gasteiger partial charge in [0.05, 0.1) is 5.75 Å². The number of nitrogens with one attached hydrogen (secondary N) is 1. The number of amides is 1. The number of hydrogen-bond acceptors (Lipinski definition) is 3. The van der Waals surface area contributed by atoms with Gasteiger partial charge in [-0.05, 0) is 36.5 Å². The Bertz CT molecular complexity index is 539. The normalized spacial score (nSPS) is 12.2. The fraction of sp³-hybridized carbons (Fsp3) is 0.500. The average Bonchev–Trinajstić information content (AvgIpc) is 2.27. The first-order chi connectivity index (χ1) is 8.63. The third-order valence-corrected chi connectivity index (χ3v) is 3.84. The Morgan fingerprint density at radius 1 is 1.16 bits per heavy atom. The van der Waals surface area contributed by atoms with Crippen molar-refractivity contribution in [2.45, 2.75) is 34.1 Å². The zero-order valence-electron chi connectivity index (χ0n) is 11.9. The summed E-state index contributed by atoms with van der Waals surface area (Å²) in [5.74, 6) is -0.690. The third kappa shape index (κ3) is 5.42. The van der Waals surface area contributed by atoms with Crippen LogP contribution < -0.4 is 4.72 Å². The molecule has 0 bridgehead atoms. The summed E-state index contributed by atoms with van der Waals surface area (Å²) in [5, 5.41) is 0. The first-order valence-corrected chi connectivity index (χ1v) is 7.92. The topological polar surface area (TPSA) is 63.2 Å². The van der Waals surface area contributed by atoms with Gasteiger partial charge in [-0.2, -0.15) is 0 Å². The molecule has 0 saturated heterocycles. The van der Waals surface area contributed by atoms with Crippen molar-refractivity contribution in [2.24, 2.45) is 5.41 Å². The van der Waals surface area contributed by atoms with Crippen LogP contribution in [0.3, 0.4) is 0 Å². The summed E-state index contributed by atoms with van der Waals surface area (Å²) >= 11 is 0. The van der Waals surface area contributed by atoms with Crippen LogP contribution in [0.15, 0.2) is 24.3 Å². The maximum absolute atomic E-state index is 11.7. The van der Waals surface area contributed by atoms with Gasteiger partial charge in [-0.3, -0.25) is 4.79 Å². The Morgan fingerprint density at radius 3 is 2.11 bits per heavy atom. The highest BCUT2D eigenvalue weighted by molar-refractivity contribution is 7.90. The summed E-state index contributed by atoms with van der Waals surface area (Å²) in [6.45, 7) is 7.91. The van der Waals surface area contributed by atoms with E-state index in [1.165, 1.54) is 6.92 Å². The lowest BCUT2D eigenvalue weighted by Crippen LogP contribution is -2.31. The van der Waals surface area contributed by atoms with Crippen LogP contribution in [0.25, 0.3) is 0 Å². The number of carbonyl (C=O) groups is 1. The van der Waals surface area contributed by atoms with Crippen molar-refractivity contribution >= 4 is 15.9 Å². The van der Waals surface area contributed by atoms with E-state index in [1.54, 1.807) is 12.1 Å². The van der Waals surface area contributed by atoms with Crippen LogP contribution in [-0.4, -0.2) is 20.1 Å². The van der Waals surface area contributed by atoms with E-state index >= 15 is 0 Å². The lowest BCUT2D eigenvalue weighted by molar-refractivity contribution is 0.0981. The van der Waals surface area contributed by atoms with Crippen molar-refractivity contribution in [3.8, 4) is 0 Å². The van der Waals surface area contributed by atoms with Gasteiger partial charge in [0.15, 0.2) is 0 Å². The lowest BCUT2D eigenvalue weighted by Gasteiger charge is -2.18. The van der Waals surface area contributed by atoms with Gasteiger partial charge < -0.3 is 0 Å². The third-order valence-electron chi connectivity index (χ3n) is 2.58. The zero-order valence-corrected chi connectivity index (χ0v) is 12.7. The van der Waals surface area contributed by atoms with Gasteiger partial charge in [0.2, 0.25) is 10.0 Å². The summed E-state index contributed by atoms with van der Waals surface area (Å²) in [7, 11) is -3.51. The Balaban J connectivity index is 2.79. The van der Waals surface area contributed by atoms with Crippen molar-refractivity contribution < 1.29 is 13.2 Å². The summed E-state index contributed by atoms with van der Waals surface area (Å²) < 4.78 is 24.6. The number of hydrogen-bond donors (Lipinski definition) is 1. The van der Waals surface area contributed by atoms with Gasteiger partial charge in [-0.1, -0.05) is 32.9 Å². The van der Waals surface area contributed by atoms with Crippen molar-refractivity contribution in [1.82, 2.24) is 4.72 Å². The predicted octanol–water partition coefficient (Wildman–Crippen LogP) is 2.35. The van der Waals surface area contributed by atoms with Gasteiger partial charge >= 0.3 is 0 Å². The molecule has 0 aliphatic rings. The number of sulfonamides is 1. The molecule has 0 unspecified atom stereocenters. The second-order valence-electron chi connectivity index (χ2n) is 5.77. The molecule has 1 N–H and O–H groups in total. The molecule has 0 atom stereocenters. The van der Waals surface area contributed by atoms with Gasteiger partial charge in [0.25, 0.3) is 5.91 Å². The zero-order chi connectivity index (χ0) is 14.7. The first-order valence-electron chi connectivity index (χ1n) is 6.27. The van der Waals surface area contributed by atoms with E-state index in [9.17, 15) is 13.2 Å². The van der Waals surface area contributed by atoms with Gasteiger partial charge in [-0.15, -0.1) is 0 Å². The van der Waals surface area contributed by atoms with Crippen LogP contribution in [0.2, 0.25) is 0 Å². The molecule has 1 amide bonds. The Kier molecular flexibility index (Phi) is 4.74. The Labute approximate surface area is 115 Å². The molecule has 1 aromatic rings. The molecular weight excluding hydrogens is 262 g/mol. The van der Waals surface area contributed by atoms with Crippen molar-refractivity contribution in [1.29, 1.82) is 0 Å². The highest BCUT2D eigenvalue weighted by Crippen LogP contribution is 2.20. The van der Waals surface area contributed by atoms with E-state index in [0.29, 0.717) is 5.56 Å². The smallest absolute Gasteiger partial charge is 0.264 e. The molecule has 106 valence electrons. The predicted molar refractivity (Wildman–Crippen MR) is 76.5 cm³/mol. The van der Waals surface area contributed by atoms with Gasteiger partial charge in [0.1, 0.15) is 0 Å². The molecule has 4 nitrogen and oxygen atoms in total. The van der Waals surface area contributed by atoms with Crippen LogP contribution in [0, 0.1) is 5.41 Å². The molecule has 0 fully saturated rings. The van der Waals surface area contributed by atoms with Gasteiger partial charge in [0, 0.05) is 5.56 Å². The molecule has 0 aromatic heterocycles. The second-order valence-corrected chi connectivity index (χ2v) is 7.78. The van der Waals surface area contributed by atoms with E-state index in [0.717, 1.165) is 12.0 Å². The summed E-state index contributed by atoms with van der Waals surface area (Å²) in [6.07, 6.45) is 0.905. The largest absolute Gasteiger partial charge is 0.268 e. The number of benzene rings is 1. The fourth-order valence-corrected chi connectivity index (χ4v) is 2.20. The van der Waals surface area contributed by atoms with E-state index < -0.39 is 15.9 Å². The Hall–Kier alpha value is -1.36. The summed E-state index contributed by atoms with van der Waals surface area (Å²) in [5.41, 5.74) is 1.66. The molecule has 1 rings (SSSR count). The number of rotatable bonds is 4. The monoisotopic (exact) mass is 283 g/mol. The van der Waals surface area contributed by atoms with E-state index in [4.69, 9.17) is 0 Å². The minimum absolute atomic E-state index is 0.110. The molecule has 0 radical (unpaired) electrons. The minimum Gasteiger partial charge on any atom is -0.268 e. The van der Waals surface area contributed by atoms with E-state index in [-0.39, 0.29) is 11.2 Å². The van der Waals surface area contributed by atoms with Crippen molar-refractivity contribution in [3.05, 3.63) is 35.4 Å². The molecule has 0 spiro atoms. The quantitative estimate of drug-likeness (QED) is 0.922. The Morgan fingerprint density at radius 2 is 1.68 bits per heavy atom. The summed E-state index contributed by atoms with van der Waals surface area (Å²) in [4.78, 5) is 11.7. The van der Waals surface area contributed by atoms with Crippen LogP contribution in [0.1, 0.15) is 43.6 Å². The number of carbonyl (C=O) groups excluding carboxylic acids is 1. The molecule has 5 heteroatoms. The molecule has 19 heavy (non-hydrogen) atoms. The molecule has 0 aliphatic carbocycles. The summed E-state index contributed by atoms with van der Waals surface area (Å²) in [6, 6.07) is 7.03. The fourth-order valence-electron chi connectivity index (χ4n) is 1.66. The first kappa shape index (κ1) is 15.7. The average molecular weight is 283 g/mol. The standard InChI is InChI=1S/C14H21NO3S/c1-5-19(17,18)15-13(16)12-8-6-11(7-9-12)10-14(2,3)4/h6-9H,5,10H2,1-4H3,(H,15,16). The van der Waals surface area contributed by atoms with Gasteiger partial charge in [-0.25, -0.2) is 13.1 Å². The van der Waals surface area contributed by atoms with E-state index in [1.807, 2.05) is 16.9 Å². The maximum Gasteiger partial charge on any atom is 0.264 e. The maximum atomic E-state index is 11.7. The SMILES string of the molecule is CCS(=O)(=O)NC(=O)c1ccc(CC(C)(C)C)cc1. The molecular formula is C14H21NO3S. The highest BCUT2D eigenvalue weighted by Gasteiger charge is 2.15. The van der Waals surface area contributed by atoms with Crippen LogP contribution in [0.5, 0.6) is 0 Å². The molecule has 0 saturated carbocycles. The molecule has 0 aliphatic heterocycles. The highest BCUT2D eigenvalue weighted by atomic mass is 32.2. The second kappa shape index (κ2) is 5.74. The van der Waals surface area contributed by atoms with Crippen molar-refractivity contribution in [3.63, 3.8) is 0 Å². The van der Waals surface area contributed by atoms with E-state index in [2.05, 4.69) is 20.8 Å².